The van der Waals surface area contributed by atoms with Gasteiger partial charge in [0.15, 0.2) is 5.82 Å². The van der Waals surface area contributed by atoms with E-state index >= 15 is 0 Å². The summed E-state index contributed by atoms with van der Waals surface area (Å²) in [6.45, 7) is 5.31. The van der Waals surface area contributed by atoms with Crippen LogP contribution in [0.1, 0.15) is 19.4 Å². The van der Waals surface area contributed by atoms with Crippen molar-refractivity contribution in [2.45, 2.75) is 32.5 Å². The second kappa shape index (κ2) is 9.09. The van der Waals surface area contributed by atoms with E-state index in [1.54, 1.807) is 0 Å². The summed E-state index contributed by atoms with van der Waals surface area (Å²) in [6.07, 6.45) is -0.803. The van der Waals surface area contributed by atoms with Gasteiger partial charge < -0.3 is 9.64 Å². The summed E-state index contributed by atoms with van der Waals surface area (Å²) in [5, 5.41) is 2.47. The first-order valence-electron chi connectivity index (χ1n) is 9.40. The van der Waals surface area contributed by atoms with Gasteiger partial charge in [-0.1, -0.05) is 30.3 Å². The van der Waals surface area contributed by atoms with Gasteiger partial charge >= 0.3 is 6.09 Å². The van der Waals surface area contributed by atoms with Crippen LogP contribution in [0, 0.1) is 11.6 Å². The molecule has 1 heterocycles. The van der Waals surface area contributed by atoms with Crippen LogP contribution >= 0.6 is 15.9 Å². The van der Waals surface area contributed by atoms with Gasteiger partial charge in [0.05, 0.1) is 10.2 Å². The van der Waals surface area contributed by atoms with E-state index in [0.29, 0.717) is 18.8 Å². The fourth-order valence-electron chi connectivity index (χ4n) is 3.41. The molecule has 8 heteroatoms. The van der Waals surface area contributed by atoms with Crippen molar-refractivity contribution < 1.29 is 18.3 Å². The molecule has 2 aromatic rings. The molecule has 2 aromatic carbocycles. The van der Waals surface area contributed by atoms with Crippen LogP contribution in [0.5, 0.6) is 0 Å². The smallest absolute Gasteiger partial charge is 0.412 e. The summed E-state index contributed by atoms with van der Waals surface area (Å²) in [5.41, 5.74) is 1.01. The lowest BCUT2D eigenvalue weighted by Gasteiger charge is -2.44. The molecule has 0 aliphatic carbocycles. The number of amides is 1. The highest BCUT2D eigenvalue weighted by atomic mass is 79.9. The molecule has 0 aromatic heterocycles. The zero-order valence-electron chi connectivity index (χ0n) is 16.6. The Morgan fingerprint density at radius 3 is 2.45 bits per heavy atom. The summed E-state index contributed by atoms with van der Waals surface area (Å²) in [5.74, 6) is -1.59. The largest absolute Gasteiger partial charge is 0.444 e. The fourth-order valence-corrected chi connectivity index (χ4v) is 3.73. The summed E-state index contributed by atoms with van der Waals surface area (Å²) < 4.78 is 34.0. The number of carbonyl (C=O) groups excluding carboxylic acids is 1. The Kier molecular flexibility index (Phi) is 6.74. The van der Waals surface area contributed by atoms with Crippen LogP contribution in [0.3, 0.4) is 0 Å². The molecule has 0 radical (unpaired) electrons. The Bertz CT molecular complexity index is 870. The van der Waals surface area contributed by atoms with E-state index in [1.165, 1.54) is 6.07 Å². The highest BCUT2D eigenvalue weighted by Crippen LogP contribution is 2.37. The Balaban J connectivity index is 1.83. The van der Waals surface area contributed by atoms with Gasteiger partial charge in [-0.15, -0.1) is 0 Å². The van der Waals surface area contributed by atoms with Crippen molar-refractivity contribution in [3.8, 4) is 0 Å². The van der Waals surface area contributed by atoms with Gasteiger partial charge in [-0.05, 0) is 42.4 Å². The monoisotopic (exact) mass is 467 g/mol. The Labute approximate surface area is 177 Å². The lowest BCUT2D eigenvalue weighted by Crippen LogP contribution is -2.55. The van der Waals surface area contributed by atoms with Crippen molar-refractivity contribution in [3.63, 3.8) is 0 Å². The van der Waals surface area contributed by atoms with E-state index in [-0.39, 0.29) is 28.9 Å². The van der Waals surface area contributed by atoms with Crippen molar-refractivity contribution in [2.75, 3.05) is 30.4 Å². The minimum Gasteiger partial charge on any atom is -0.444 e. The summed E-state index contributed by atoms with van der Waals surface area (Å²) in [7, 11) is 2.02. The third-order valence-electron chi connectivity index (χ3n) is 5.28. The molecule has 1 aliphatic rings. The number of benzene rings is 2. The first kappa shape index (κ1) is 21.5. The molecule has 0 bridgehead atoms. The molecule has 3 rings (SSSR count). The number of piperazine rings is 1. The van der Waals surface area contributed by atoms with E-state index < -0.39 is 17.7 Å². The lowest BCUT2D eigenvalue weighted by molar-refractivity contribution is 0.155. The normalized spacial score (nSPS) is 19.9. The van der Waals surface area contributed by atoms with E-state index in [4.69, 9.17) is 4.74 Å². The average Bonchev–Trinajstić information content (AvgIpc) is 2.71. The van der Waals surface area contributed by atoms with Gasteiger partial charge in [0.1, 0.15) is 18.1 Å². The number of carbonyl (C=O) groups is 1. The Hall–Kier alpha value is -2.19. The van der Waals surface area contributed by atoms with Gasteiger partial charge in [0, 0.05) is 31.2 Å². The molecule has 29 heavy (non-hydrogen) atoms. The predicted molar refractivity (Wildman–Crippen MR) is 113 cm³/mol. The number of halogens is 3. The molecule has 1 N–H and O–H groups in total. The van der Waals surface area contributed by atoms with Crippen LogP contribution in [-0.2, 0) is 11.3 Å². The molecule has 1 aliphatic heterocycles. The Morgan fingerprint density at radius 2 is 1.83 bits per heavy atom. The summed E-state index contributed by atoms with van der Waals surface area (Å²) in [4.78, 5) is 16.4. The molecule has 2 atom stereocenters. The topological polar surface area (TPSA) is 44.8 Å². The number of hydrogen-bond acceptors (Lipinski definition) is 4. The third kappa shape index (κ3) is 4.87. The number of nitrogens with zero attached hydrogens (tertiary/aromatic N) is 2. The standard InChI is InChI=1S/C21H24BrF2N3O2/c1-13-10-27(11-14(2)26(13)3)17-9-16(23)18(22)19(24)20(17)25-21(28)29-12-15-7-5-4-6-8-15/h4-9,13-14H,10-12H2,1-3H3,(H,25,28)/t13-,14+. The molecule has 0 spiro atoms. The first-order chi connectivity index (χ1) is 13.8. The maximum atomic E-state index is 14.9. The van der Waals surface area contributed by atoms with Crippen LogP contribution in [-0.4, -0.2) is 43.2 Å². The Morgan fingerprint density at radius 1 is 1.21 bits per heavy atom. The number of likely N-dealkylation sites (N-methyl/N-ethyl adjacent to an activating group) is 1. The van der Waals surface area contributed by atoms with Crippen LogP contribution < -0.4 is 10.2 Å². The molecule has 1 fully saturated rings. The molecular weight excluding hydrogens is 444 g/mol. The number of hydrogen-bond donors (Lipinski definition) is 1. The number of ether oxygens (including phenoxy) is 1. The minimum absolute atomic E-state index is 0.0502. The van der Waals surface area contributed by atoms with Gasteiger partial charge in [-0.3, -0.25) is 10.2 Å². The fraction of sp³-hybridized carbons (Fsp3) is 0.381. The van der Waals surface area contributed by atoms with E-state index in [1.807, 2.05) is 42.3 Å². The maximum Gasteiger partial charge on any atom is 0.412 e. The number of rotatable bonds is 4. The summed E-state index contributed by atoms with van der Waals surface area (Å²) >= 11 is 2.92. The number of anilines is 2. The molecule has 0 unspecified atom stereocenters. The maximum absolute atomic E-state index is 14.9. The van der Waals surface area contributed by atoms with Gasteiger partial charge in [0.25, 0.3) is 0 Å². The van der Waals surface area contributed by atoms with Crippen molar-refractivity contribution in [3.05, 3.63) is 58.1 Å². The SMILES string of the molecule is C[C@@H]1CN(c2cc(F)c(Br)c(F)c2NC(=O)OCc2ccccc2)C[C@H](C)N1C. The van der Waals surface area contributed by atoms with E-state index in [9.17, 15) is 13.6 Å². The highest BCUT2D eigenvalue weighted by Gasteiger charge is 2.30. The molecular formula is C21H24BrF2N3O2. The third-order valence-corrected chi connectivity index (χ3v) is 6.01. The van der Waals surface area contributed by atoms with Gasteiger partial charge in [0.2, 0.25) is 0 Å². The molecule has 156 valence electrons. The first-order valence-corrected chi connectivity index (χ1v) is 10.2. The second-order valence-electron chi connectivity index (χ2n) is 7.34. The quantitative estimate of drug-likeness (QED) is 0.642. The molecule has 5 nitrogen and oxygen atoms in total. The van der Waals surface area contributed by atoms with Crippen LogP contribution in [0.25, 0.3) is 0 Å². The van der Waals surface area contributed by atoms with Crippen LogP contribution in [0.2, 0.25) is 0 Å². The van der Waals surface area contributed by atoms with Crippen LogP contribution in [0.15, 0.2) is 40.9 Å². The van der Waals surface area contributed by atoms with Crippen molar-refractivity contribution in [2.24, 2.45) is 0 Å². The molecule has 1 saturated heterocycles. The number of nitrogens with one attached hydrogen (secondary N) is 1. The highest BCUT2D eigenvalue weighted by molar-refractivity contribution is 9.10. The minimum atomic E-state index is -0.865. The van der Waals surface area contributed by atoms with Crippen molar-refractivity contribution >= 4 is 33.4 Å². The van der Waals surface area contributed by atoms with Gasteiger partial charge in [-0.2, -0.15) is 0 Å². The summed E-state index contributed by atoms with van der Waals surface area (Å²) in [6, 6.07) is 10.8. The zero-order chi connectivity index (χ0) is 21.1. The zero-order valence-corrected chi connectivity index (χ0v) is 18.2. The molecule has 0 saturated carbocycles. The average molecular weight is 468 g/mol. The van der Waals surface area contributed by atoms with E-state index in [0.717, 1.165) is 5.56 Å². The lowest BCUT2D eigenvalue weighted by atomic mass is 10.1. The van der Waals surface area contributed by atoms with Crippen molar-refractivity contribution in [1.29, 1.82) is 0 Å². The second-order valence-corrected chi connectivity index (χ2v) is 8.13. The van der Waals surface area contributed by atoms with Gasteiger partial charge in [-0.25, -0.2) is 13.6 Å². The molecule has 1 amide bonds. The van der Waals surface area contributed by atoms with Crippen LogP contribution in [0.4, 0.5) is 25.0 Å². The predicted octanol–water partition coefficient (Wildman–Crippen LogP) is 5.00. The van der Waals surface area contributed by atoms with E-state index in [2.05, 4.69) is 40.0 Å². The van der Waals surface area contributed by atoms with Crippen molar-refractivity contribution in [1.82, 2.24) is 4.90 Å².